The van der Waals surface area contributed by atoms with Gasteiger partial charge < -0.3 is 0 Å². The van der Waals surface area contributed by atoms with Crippen LogP contribution in [0, 0.1) is 0 Å². The molecular formula is C24H25F2N5S. The highest BCUT2D eigenvalue weighted by Crippen LogP contribution is 2.30. The molecule has 4 aromatic rings. The van der Waals surface area contributed by atoms with Crippen LogP contribution >= 0.6 is 11.8 Å². The van der Waals surface area contributed by atoms with E-state index in [2.05, 4.69) is 60.2 Å². The Labute approximate surface area is 190 Å². The molecule has 2 aromatic carbocycles. The van der Waals surface area contributed by atoms with E-state index < -0.39 is 6.55 Å². The minimum Gasteiger partial charge on any atom is -0.298 e. The summed E-state index contributed by atoms with van der Waals surface area (Å²) >= 11 is 1.35. The Hall–Kier alpha value is -3.00. The number of alkyl halides is 2. The van der Waals surface area contributed by atoms with Crippen molar-refractivity contribution < 1.29 is 8.78 Å². The van der Waals surface area contributed by atoms with Gasteiger partial charge in [-0.2, -0.15) is 8.78 Å². The SMILES string of the molecule is CC(C)(C)c1ccc(-c2nnc(SCc3nccn3C(F)F)n2Cc2ccccc2)cc1. The molecule has 166 valence electrons. The standard InChI is InChI=1S/C24H25F2N5S/c1-24(2,3)19-11-9-18(10-12-19)21-28-29-23(31(21)15-17-7-5-4-6-8-17)32-16-20-27-13-14-30(20)22(25)26/h4-14,22H,15-16H2,1-3H3. The van der Waals surface area contributed by atoms with Crippen molar-refractivity contribution in [2.45, 2.75) is 50.2 Å². The number of rotatable bonds is 7. The van der Waals surface area contributed by atoms with E-state index in [4.69, 9.17) is 0 Å². The van der Waals surface area contributed by atoms with Crippen molar-refractivity contribution in [2.24, 2.45) is 0 Å². The van der Waals surface area contributed by atoms with E-state index in [-0.39, 0.29) is 11.2 Å². The van der Waals surface area contributed by atoms with Gasteiger partial charge in [0.15, 0.2) is 11.0 Å². The molecule has 0 spiro atoms. The molecule has 32 heavy (non-hydrogen) atoms. The molecule has 2 aromatic heterocycles. The third kappa shape index (κ3) is 4.91. The topological polar surface area (TPSA) is 48.5 Å². The van der Waals surface area contributed by atoms with Crippen molar-refractivity contribution in [3.8, 4) is 11.4 Å². The van der Waals surface area contributed by atoms with Gasteiger partial charge in [-0.15, -0.1) is 10.2 Å². The minimum absolute atomic E-state index is 0.0594. The normalized spacial score (nSPS) is 11.9. The number of thioether (sulfide) groups is 1. The molecule has 4 rings (SSSR count). The molecule has 0 radical (unpaired) electrons. The second kappa shape index (κ2) is 9.24. The van der Waals surface area contributed by atoms with Gasteiger partial charge in [-0.3, -0.25) is 9.13 Å². The van der Waals surface area contributed by atoms with Crippen LogP contribution in [0.15, 0.2) is 72.1 Å². The van der Waals surface area contributed by atoms with Gasteiger partial charge in [0.2, 0.25) is 0 Å². The number of hydrogen-bond acceptors (Lipinski definition) is 4. The third-order valence-corrected chi connectivity index (χ3v) is 6.16. The summed E-state index contributed by atoms with van der Waals surface area (Å²) in [6.07, 6.45) is 2.68. The second-order valence-electron chi connectivity index (χ2n) is 8.52. The Morgan fingerprint density at radius 3 is 2.34 bits per heavy atom. The Bertz CT molecular complexity index is 1160. The van der Waals surface area contributed by atoms with E-state index in [1.54, 1.807) is 0 Å². The lowest BCUT2D eigenvalue weighted by molar-refractivity contribution is 0.0678. The summed E-state index contributed by atoms with van der Waals surface area (Å²) in [7, 11) is 0. The fourth-order valence-corrected chi connectivity index (χ4v) is 4.29. The number of nitrogens with zero attached hydrogens (tertiary/aromatic N) is 5. The number of halogens is 2. The first-order valence-corrected chi connectivity index (χ1v) is 11.3. The summed E-state index contributed by atoms with van der Waals surface area (Å²) in [5, 5.41) is 9.49. The number of hydrogen-bond donors (Lipinski definition) is 0. The highest BCUT2D eigenvalue weighted by molar-refractivity contribution is 7.98. The maximum absolute atomic E-state index is 13.2. The molecule has 8 heteroatoms. The molecule has 0 unspecified atom stereocenters. The van der Waals surface area contributed by atoms with E-state index in [9.17, 15) is 8.78 Å². The molecule has 0 aliphatic rings. The molecule has 0 aliphatic carbocycles. The van der Waals surface area contributed by atoms with Crippen LogP contribution in [0.3, 0.4) is 0 Å². The summed E-state index contributed by atoms with van der Waals surface area (Å²) in [5.74, 6) is 1.32. The van der Waals surface area contributed by atoms with Crippen LogP contribution in [0.25, 0.3) is 11.4 Å². The molecular weight excluding hydrogens is 428 g/mol. The summed E-state index contributed by atoms with van der Waals surface area (Å²) in [5.41, 5.74) is 3.37. The van der Waals surface area contributed by atoms with Crippen molar-refractivity contribution in [1.82, 2.24) is 24.3 Å². The van der Waals surface area contributed by atoms with Gasteiger partial charge in [0.1, 0.15) is 5.82 Å². The van der Waals surface area contributed by atoms with Gasteiger partial charge in [0.25, 0.3) is 0 Å². The van der Waals surface area contributed by atoms with Crippen LogP contribution < -0.4 is 0 Å². The molecule has 0 bridgehead atoms. The van der Waals surface area contributed by atoms with Crippen LogP contribution in [-0.4, -0.2) is 24.3 Å². The zero-order valence-electron chi connectivity index (χ0n) is 18.2. The van der Waals surface area contributed by atoms with Gasteiger partial charge in [0, 0.05) is 18.0 Å². The van der Waals surface area contributed by atoms with Crippen LogP contribution in [0.2, 0.25) is 0 Å². The van der Waals surface area contributed by atoms with Gasteiger partial charge in [-0.05, 0) is 16.5 Å². The number of aromatic nitrogens is 5. The van der Waals surface area contributed by atoms with E-state index in [0.717, 1.165) is 21.5 Å². The lowest BCUT2D eigenvalue weighted by Crippen LogP contribution is -2.10. The molecule has 5 nitrogen and oxygen atoms in total. The second-order valence-corrected chi connectivity index (χ2v) is 9.46. The third-order valence-electron chi connectivity index (χ3n) is 5.20. The van der Waals surface area contributed by atoms with E-state index >= 15 is 0 Å². The van der Waals surface area contributed by atoms with Crippen molar-refractivity contribution in [2.75, 3.05) is 0 Å². The lowest BCUT2D eigenvalue weighted by Gasteiger charge is -2.19. The Morgan fingerprint density at radius 2 is 1.69 bits per heavy atom. The van der Waals surface area contributed by atoms with Gasteiger partial charge >= 0.3 is 6.55 Å². The average Bonchev–Trinajstić information content (AvgIpc) is 3.39. The summed E-state index contributed by atoms with van der Waals surface area (Å²) in [6, 6.07) is 18.4. The predicted molar refractivity (Wildman–Crippen MR) is 123 cm³/mol. The van der Waals surface area contributed by atoms with Crippen LogP contribution in [-0.2, 0) is 17.7 Å². The van der Waals surface area contributed by atoms with Crippen LogP contribution in [0.5, 0.6) is 0 Å². The summed E-state index contributed by atoms with van der Waals surface area (Å²) < 4.78 is 29.3. The van der Waals surface area contributed by atoms with Crippen molar-refractivity contribution in [3.05, 3.63) is 83.9 Å². The first-order chi connectivity index (χ1) is 15.3. The zero-order valence-corrected chi connectivity index (χ0v) is 19.1. The predicted octanol–water partition coefficient (Wildman–Crippen LogP) is 6.17. The quantitative estimate of drug-likeness (QED) is 0.314. The fourth-order valence-electron chi connectivity index (χ4n) is 3.40. The molecule has 0 aliphatic heterocycles. The van der Waals surface area contributed by atoms with Gasteiger partial charge in [-0.25, -0.2) is 4.98 Å². The molecule has 2 heterocycles. The Kier molecular flexibility index (Phi) is 6.41. The van der Waals surface area contributed by atoms with Crippen molar-refractivity contribution in [1.29, 1.82) is 0 Å². The molecule has 0 saturated heterocycles. The maximum atomic E-state index is 13.2. The maximum Gasteiger partial charge on any atom is 0.319 e. The Morgan fingerprint density at radius 1 is 0.969 bits per heavy atom. The van der Waals surface area contributed by atoms with E-state index in [1.165, 1.54) is 29.7 Å². The number of benzene rings is 2. The van der Waals surface area contributed by atoms with Crippen molar-refractivity contribution >= 4 is 11.8 Å². The fraction of sp³-hybridized carbons (Fsp3) is 0.292. The van der Waals surface area contributed by atoms with Crippen LogP contribution in [0.4, 0.5) is 8.78 Å². The smallest absolute Gasteiger partial charge is 0.298 e. The highest BCUT2D eigenvalue weighted by Gasteiger charge is 2.19. The van der Waals surface area contributed by atoms with Gasteiger partial charge in [-0.1, -0.05) is 87.1 Å². The first kappa shape index (κ1) is 22.2. The largest absolute Gasteiger partial charge is 0.319 e. The monoisotopic (exact) mass is 453 g/mol. The molecule has 0 N–H and O–H groups in total. The summed E-state index contributed by atoms with van der Waals surface area (Å²) in [6.45, 7) is 4.50. The molecule has 0 saturated carbocycles. The lowest BCUT2D eigenvalue weighted by atomic mass is 9.87. The minimum atomic E-state index is -2.62. The first-order valence-electron chi connectivity index (χ1n) is 10.3. The van der Waals surface area contributed by atoms with E-state index in [1.807, 2.05) is 34.9 Å². The van der Waals surface area contributed by atoms with E-state index in [0.29, 0.717) is 17.5 Å². The Balaban J connectivity index is 1.66. The van der Waals surface area contributed by atoms with Crippen molar-refractivity contribution in [3.63, 3.8) is 0 Å². The molecule has 0 atom stereocenters. The van der Waals surface area contributed by atoms with Gasteiger partial charge in [0.05, 0.1) is 12.3 Å². The average molecular weight is 454 g/mol. The zero-order chi connectivity index (χ0) is 22.7. The van der Waals surface area contributed by atoms with Crippen LogP contribution in [0.1, 0.15) is 44.3 Å². The summed E-state index contributed by atoms with van der Waals surface area (Å²) in [4.78, 5) is 4.07. The number of imidazole rings is 1. The molecule has 0 fully saturated rings. The highest BCUT2D eigenvalue weighted by atomic mass is 32.2. The molecule has 0 amide bonds.